The van der Waals surface area contributed by atoms with E-state index in [9.17, 15) is 26.3 Å². The Hall–Kier alpha value is -1.90. The Morgan fingerprint density at radius 2 is 1.65 bits per heavy atom. The molecule has 0 amide bonds. The number of thiophene rings is 1. The third kappa shape index (κ3) is 8.63. The first-order valence-corrected chi connectivity index (χ1v) is 9.63. The van der Waals surface area contributed by atoms with Crippen molar-refractivity contribution in [1.29, 1.82) is 0 Å². The molecule has 7 nitrogen and oxygen atoms in total. The Bertz CT molecular complexity index is 687. The maximum absolute atomic E-state index is 10.6. The average molecular weight is 480 g/mol. The number of carboxylic acid groups (broad SMARTS) is 2. The molecule has 1 aromatic rings. The standard InChI is InChI=1S/C13H20N2OS.2C2HF3O2/c1-14(2)12-7-15(6-10-4-3-5-17-10)13-9-16-8-11(12)13;2*3-2(4,5)1(6)7/h3-5,11-13H,6-9H2,1-2H3;2*(H,6,7)/t11-,12-,13-;;/m1../s1. The van der Waals surface area contributed by atoms with E-state index in [-0.39, 0.29) is 0 Å². The van der Waals surface area contributed by atoms with E-state index in [1.165, 1.54) is 11.4 Å². The third-order valence-corrected chi connectivity index (χ3v) is 5.43. The number of rotatable bonds is 3. The van der Waals surface area contributed by atoms with Crippen molar-refractivity contribution >= 4 is 23.3 Å². The van der Waals surface area contributed by atoms with Gasteiger partial charge in [-0.3, -0.25) is 4.90 Å². The molecule has 0 spiro atoms. The summed E-state index contributed by atoms with van der Waals surface area (Å²) in [7, 11) is 4.38. The number of likely N-dealkylation sites (N-methyl/N-ethyl adjacent to an activating group) is 1. The number of fused-ring (bicyclic) bond motifs is 1. The van der Waals surface area contributed by atoms with Crippen molar-refractivity contribution in [3.8, 4) is 0 Å². The second-order valence-corrected chi connectivity index (χ2v) is 7.95. The zero-order chi connectivity index (χ0) is 24.0. The lowest BCUT2D eigenvalue weighted by atomic mass is 9.99. The van der Waals surface area contributed by atoms with Gasteiger partial charge < -0.3 is 19.8 Å². The molecule has 14 heteroatoms. The minimum Gasteiger partial charge on any atom is -0.475 e. The topological polar surface area (TPSA) is 90.3 Å². The molecule has 0 aliphatic carbocycles. The van der Waals surface area contributed by atoms with Gasteiger partial charge in [-0.15, -0.1) is 11.3 Å². The van der Waals surface area contributed by atoms with Gasteiger partial charge in [0, 0.05) is 36.0 Å². The Kier molecular flexibility index (Phi) is 9.72. The zero-order valence-electron chi connectivity index (χ0n) is 16.5. The summed E-state index contributed by atoms with van der Waals surface area (Å²) >= 11 is 1.86. The lowest BCUT2D eigenvalue weighted by Crippen LogP contribution is -2.36. The SMILES string of the molecule is CN(C)[C@@H]1CN(Cc2cccs2)[C@@H]2COC[C@H]12.O=C(O)C(F)(F)F.O=C(O)C(F)(F)F. The first-order chi connectivity index (χ1) is 14.1. The predicted molar refractivity (Wildman–Crippen MR) is 97.7 cm³/mol. The molecule has 2 aliphatic rings. The van der Waals surface area contributed by atoms with E-state index in [1.807, 2.05) is 11.3 Å². The van der Waals surface area contributed by atoms with Crippen LogP contribution in [0.15, 0.2) is 17.5 Å². The minimum absolute atomic E-state index is 0.629. The third-order valence-electron chi connectivity index (χ3n) is 4.57. The Labute approximate surface area is 177 Å². The van der Waals surface area contributed by atoms with Crippen molar-refractivity contribution in [2.45, 2.75) is 31.0 Å². The number of halogens is 6. The van der Waals surface area contributed by atoms with Crippen LogP contribution in [0.3, 0.4) is 0 Å². The number of ether oxygens (including phenoxy) is 1. The highest BCUT2D eigenvalue weighted by atomic mass is 32.1. The van der Waals surface area contributed by atoms with Crippen LogP contribution >= 0.6 is 11.3 Å². The summed E-state index contributed by atoms with van der Waals surface area (Å²) in [5.74, 6) is -4.81. The van der Waals surface area contributed by atoms with Crippen LogP contribution < -0.4 is 0 Å². The molecule has 0 radical (unpaired) electrons. The highest BCUT2D eigenvalue weighted by Crippen LogP contribution is 2.33. The maximum Gasteiger partial charge on any atom is 0.490 e. The van der Waals surface area contributed by atoms with Crippen molar-refractivity contribution in [3.05, 3.63) is 22.4 Å². The first kappa shape index (κ1) is 27.1. The van der Waals surface area contributed by atoms with Gasteiger partial charge in [-0.2, -0.15) is 26.3 Å². The van der Waals surface area contributed by atoms with E-state index in [2.05, 4.69) is 41.4 Å². The fourth-order valence-electron chi connectivity index (χ4n) is 3.15. The quantitative estimate of drug-likeness (QED) is 0.643. The summed E-state index contributed by atoms with van der Waals surface area (Å²) < 4.78 is 69.1. The predicted octanol–water partition coefficient (Wildman–Crippen LogP) is 2.78. The van der Waals surface area contributed by atoms with Crippen molar-refractivity contribution in [3.63, 3.8) is 0 Å². The monoisotopic (exact) mass is 480 g/mol. The molecule has 0 aromatic carbocycles. The number of carbonyl (C=O) groups is 2. The van der Waals surface area contributed by atoms with E-state index in [0.717, 1.165) is 19.8 Å². The van der Waals surface area contributed by atoms with Crippen LogP contribution in [-0.2, 0) is 20.9 Å². The normalized spacial score (nSPS) is 23.5. The van der Waals surface area contributed by atoms with Gasteiger partial charge in [0.1, 0.15) is 0 Å². The van der Waals surface area contributed by atoms with Gasteiger partial charge in [-0.1, -0.05) is 6.07 Å². The van der Waals surface area contributed by atoms with Crippen LogP contribution in [0.5, 0.6) is 0 Å². The molecule has 1 aromatic heterocycles. The lowest BCUT2D eigenvalue weighted by molar-refractivity contribution is -0.193. The van der Waals surface area contributed by atoms with E-state index in [0.29, 0.717) is 18.0 Å². The van der Waals surface area contributed by atoms with Crippen LogP contribution in [0, 0.1) is 5.92 Å². The summed E-state index contributed by atoms with van der Waals surface area (Å²) in [6, 6.07) is 5.66. The molecule has 31 heavy (non-hydrogen) atoms. The van der Waals surface area contributed by atoms with Gasteiger partial charge in [-0.05, 0) is 25.5 Å². The molecule has 0 bridgehead atoms. The molecule has 2 N–H and O–H groups in total. The molecular formula is C17H22F6N2O5S. The van der Waals surface area contributed by atoms with Gasteiger partial charge in [0.2, 0.25) is 0 Å². The molecule has 0 unspecified atom stereocenters. The summed E-state index contributed by atoms with van der Waals surface area (Å²) in [5.41, 5.74) is 0. The van der Waals surface area contributed by atoms with Crippen LogP contribution in [0.1, 0.15) is 4.88 Å². The second kappa shape index (κ2) is 11.1. The van der Waals surface area contributed by atoms with Crippen LogP contribution in [0.2, 0.25) is 0 Å². The Balaban J connectivity index is 0.000000288. The number of aliphatic carboxylic acids is 2. The molecule has 3 atom stereocenters. The Morgan fingerprint density at radius 3 is 2.03 bits per heavy atom. The fourth-order valence-corrected chi connectivity index (χ4v) is 3.87. The molecule has 3 rings (SSSR count). The highest BCUT2D eigenvalue weighted by Gasteiger charge is 2.46. The molecule has 2 fully saturated rings. The summed E-state index contributed by atoms with van der Waals surface area (Å²) in [6.45, 7) is 4.13. The van der Waals surface area contributed by atoms with Gasteiger partial charge in [-0.25, -0.2) is 9.59 Å². The van der Waals surface area contributed by atoms with Crippen molar-refractivity contribution in [1.82, 2.24) is 9.80 Å². The maximum atomic E-state index is 10.6. The van der Waals surface area contributed by atoms with Crippen molar-refractivity contribution in [2.24, 2.45) is 5.92 Å². The lowest BCUT2D eigenvalue weighted by Gasteiger charge is -2.23. The van der Waals surface area contributed by atoms with Gasteiger partial charge in [0.25, 0.3) is 0 Å². The molecule has 3 heterocycles. The number of hydrogen-bond donors (Lipinski definition) is 2. The van der Waals surface area contributed by atoms with Crippen LogP contribution in [0.25, 0.3) is 0 Å². The highest BCUT2D eigenvalue weighted by molar-refractivity contribution is 7.09. The second-order valence-electron chi connectivity index (χ2n) is 6.91. The van der Waals surface area contributed by atoms with E-state index in [1.54, 1.807) is 0 Å². The number of likely N-dealkylation sites (tertiary alicyclic amines) is 1. The van der Waals surface area contributed by atoms with Gasteiger partial charge >= 0.3 is 24.3 Å². The number of carboxylic acids is 2. The smallest absolute Gasteiger partial charge is 0.475 e. The zero-order valence-corrected chi connectivity index (χ0v) is 17.3. The molecule has 0 saturated carbocycles. The number of hydrogen-bond acceptors (Lipinski definition) is 6. The molecule has 178 valence electrons. The number of nitrogens with zero attached hydrogens (tertiary/aromatic N) is 2. The van der Waals surface area contributed by atoms with E-state index >= 15 is 0 Å². The summed E-state index contributed by atoms with van der Waals surface area (Å²) in [6.07, 6.45) is -10.2. The summed E-state index contributed by atoms with van der Waals surface area (Å²) in [5, 5.41) is 16.4. The summed E-state index contributed by atoms with van der Waals surface area (Å²) in [4.78, 5) is 24.2. The van der Waals surface area contributed by atoms with E-state index in [4.69, 9.17) is 24.5 Å². The first-order valence-electron chi connectivity index (χ1n) is 8.75. The molecular weight excluding hydrogens is 458 g/mol. The largest absolute Gasteiger partial charge is 0.490 e. The van der Waals surface area contributed by atoms with Crippen molar-refractivity contribution < 1.29 is 50.9 Å². The average Bonchev–Trinajstić information content (AvgIpc) is 3.33. The van der Waals surface area contributed by atoms with Crippen LogP contribution in [0.4, 0.5) is 26.3 Å². The van der Waals surface area contributed by atoms with Gasteiger partial charge in [0.05, 0.1) is 13.2 Å². The molecule has 2 aliphatic heterocycles. The van der Waals surface area contributed by atoms with Gasteiger partial charge in [0.15, 0.2) is 0 Å². The molecule has 2 saturated heterocycles. The Morgan fingerprint density at radius 1 is 1.13 bits per heavy atom. The van der Waals surface area contributed by atoms with E-state index < -0.39 is 24.3 Å². The van der Waals surface area contributed by atoms with Crippen LogP contribution in [-0.4, -0.2) is 90.2 Å². The minimum atomic E-state index is -5.08. The number of alkyl halides is 6. The fraction of sp³-hybridized carbons (Fsp3) is 0.647. The van der Waals surface area contributed by atoms with Crippen molar-refractivity contribution in [2.75, 3.05) is 33.9 Å².